The Hall–Kier alpha value is -1.38. The van der Waals surface area contributed by atoms with Crippen LogP contribution in [-0.2, 0) is 0 Å². The van der Waals surface area contributed by atoms with E-state index in [1.165, 1.54) is 0 Å². The number of nitrogens with two attached hydrogens (primary N) is 1. The predicted octanol–water partition coefficient (Wildman–Crippen LogP) is 2.27. The third-order valence-electron chi connectivity index (χ3n) is 2.88. The van der Waals surface area contributed by atoms with E-state index < -0.39 is 0 Å². The van der Waals surface area contributed by atoms with Crippen LogP contribution in [0.25, 0.3) is 0 Å². The van der Waals surface area contributed by atoms with Gasteiger partial charge in [-0.25, -0.2) is 0 Å². The maximum atomic E-state index is 5.87. The van der Waals surface area contributed by atoms with Crippen LogP contribution in [0.3, 0.4) is 0 Å². The van der Waals surface area contributed by atoms with Crippen LogP contribution in [0, 0.1) is 0 Å². The molecule has 0 amide bonds. The van der Waals surface area contributed by atoms with Gasteiger partial charge in [-0.15, -0.1) is 0 Å². The lowest BCUT2D eigenvalue weighted by Crippen LogP contribution is -2.39. The van der Waals surface area contributed by atoms with E-state index in [1.807, 2.05) is 18.2 Å². The van der Waals surface area contributed by atoms with E-state index in [-0.39, 0.29) is 0 Å². The Morgan fingerprint density at radius 1 is 1.47 bits per heavy atom. The zero-order chi connectivity index (χ0) is 10.8. The van der Waals surface area contributed by atoms with Crippen LogP contribution in [0.15, 0.2) is 18.2 Å². The molecule has 0 radical (unpaired) electrons. The van der Waals surface area contributed by atoms with Crippen molar-refractivity contribution < 1.29 is 4.74 Å². The zero-order valence-corrected chi connectivity index (χ0v) is 9.36. The van der Waals surface area contributed by atoms with E-state index in [1.54, 1.807) is 0 Å². The maximum Gasteiger partial charge on any atom is 0.145 e. The SMILES string of the molecule is CCC1CN(CC)c2ccc(N)cc2O1. The molecular weight excluding hydrogens is 188 g/mol. The van der Waals surface area contributed by atoms with Crippen LogP contribution in [0.4, 0.5) is 11.4 Å². The van der Waals surface area contributed by atoms with Crippen molar-refractivity contribution >= 4 is 11.4 Å². The second-order valence-corrected chi connectivity index (χ2v) is 3.91. The molecule has 0 aliphatic carbocycles. The van der Waals surface area contributed by atoms with Crippen LogP contribution < -0.4 is 15.4 Å². The van der Waals surface area contributed by atoms with Crippen molar-refractivity contribution in [2.75, 3.05) is 23.7 Å². The standard InChI is InChI=1S/C12H18N2O/c1-3-10-8-14(4-2)11-6-5-9(13)7-12(11)15-10/h5-7,10H,3-4,8,13H2,1-2H3. The minimum atomic E-state index is 0.291. The van der Waals surface area contributed by atoms with E-state index >= 15 is 0 Å². The van der Waals surface area contributed by atoms with Gasteiger partial charge in [-0.3, -0.25) is 0 Å². The number of nitrogen functional groups attached to an aromatic ring is 1. The first-order chi connectivity index (χ1) is 7.24. The molecule has 2 N–H and O–H groups in total. The van der Waals surface area contributed by atoms with Gasteiger partial charge in [0.2, 0.25) is 0 Å². The molecule has 0 saturated carbocycles. The minimum Gasteiger partial charge on any atom is -0.486 e. The largest absolute Gasteiger partial charge is 0.486 e. The number of fused-ring (bicyclic) bond motifs is 1. The lowest BCUT2D eigenvalue weighted by Gasteiger charge is -2.35. The summed E-state index contributed by atoms with van der Waals surface area (Å²) in [5.41, 5.74) is 7.69. The van der Waals surface area contributed by atoms with Gasteiger partial charge in [-0.1, -0.05) is 6.92 Å². The van der Waals surface area contributed by atoms with Crippen LogP contribution in [0.2, 0.25) is 0 Å². The van der Waals surface area contributed by atoms with Crippen molar-refractivity contribution in [2.45, 2.75) is 26.4 Å². The molecule has 0 spiro atoms. The Morgan fingerprint density at radius 3 is 2.93 bits per heavy atom. The molecule has 1 unspecified atom stereocenters. The Kier molecular flexibility index (Phi) is 2.71. The van der Waals surface area contributed by atoms with Gasteiger partial charge >= 0.3 is 0 Å². The lowest BCUT2D eigenvalue weighted by molar-refractivity contribution is 0.190. The van der Waals surface area contributed by atoms with Gasteiger partial charge in [0.05, 0.1) is 12.2 Å². The van der Waals surface area contributed by atoms with Crippen molar-refractivity contribution in [3.8, 4) is 5.75 Å². The molecule has 1 aliphatic heterocycles. The number of anilines is 2. The van der Waals surface area contributed by atoms with Gasteiger partial charge in [0.25, 0.3) is 0 Å². The molecule has 0 saturated heterocycles. The van der Waals surface area contributed by atoms with E-state index in [0.29, 0.717) is 6.10 Å². The van der Waals surface area contributed by atoms with Crippen LogP contribution in [0.5, 0.6) is 5.75 Å². The molecular formula is C12H18N2O. The van der Waals surface area contributed by atoms with E-state index in [2.05, 4.69) is 18.7 Å². The first-order valence-corrected chi connectivity index (χ1v) is 5.55. The smallest absolute Gasteiger partial charge is 0.145 e. The highest BCUT2D eigenvalue weighted by atomic mass is 16.5. The number of hydrogen-bond acceptors (Lipinski definition) is 3. The molecule has 3 heteroatoms. The van der Waals surface area contributed by atoms with Crippen LogP contribution in [-0.4, -0.2) is 19.2 Å². The molecule has 1 atom stereocenters. The monoisotopic (exact) mass is 206 g/mol. The number of hydrogen-bond donors (Lipinski definition) is 1. The molecule has 2 rings (SSSR count). The molecule has 0 aromatic heterocycles. The van der Waals surface area contributed by atoms with Crippen LogP contribution in [0.1, 0.15) is 20.3 Å². The maximum absolute atomic E-state index is 5.87. The quantitative estimate of drug-likeness (QED) is 0.754. The van der Waals surface area contributed by atoms with Crippen LogP contribution >= 0.6 is 0 Å². The first kappa shape index (κ1) is 10.1. The van der Waals surface area contributed by atoms with Gasteiger partial charge in [0, 0.05) is 18.3 Å². The van der Waals surface area contributed by atoms with Gasteiger partial charge < -0.3 is 15.4 Å². The number of nitrogens with zero attached hydrogens (tertiary/aromatic N) is 1. The zero-order valence-electron chi connectivity index (χ0n) is 9.36. The number of rotatable bonds is 2. The average molecular weight is 206 g/mol. The van der Waals surface area contributed by atoms with E-state index in [9.17, 15) is 0 Å². The third-order valence-corrected chi connectivity index (χ3v) is 2.88. The topological polar surface area (TPSA) is 38.5 Å². The van der Waals surface area contributed by atoms with Gasteiger partial charge in [-0.2, -0.15) is 0 Å². The molecule has 1 aliphatic rings. The number of ether oxygens (including phenoxy) is 1. The molecule has 1 heterocycles. The second-order valence-electron chi connectivity index (χ2n) is 3.91. The van der Waals surface area contributed by atoms with Crippen molar-refractivity contribution in [1.29, 1.82) is 0 Å². The fourth-order valence-electron chi connectivity index (χ4n) is 1.96. The van der Waals surface area contributed by atoms with E-state index in [0.717, 1.165) is 36.6 Å². The van der Waals surface area contributed by atoms with Gasteiger partial charge in [0.15, 0.2) is 0 Å². The lowest BCUT2D eigenvalue weighted by atomic mass is 10.1. The molecule has 1 aromatic rings. The highest BCUT2D eigenvalue weighted by molar-refractivity contribution is 5.65. The average Bonchev–Trinajstić information content (AvgIpc) is 2.26. The fourth-order valence-corrected chi connectivity index (χ4v) is 1.96. The van der Waals surface area contributed by atoms with Crippen molar-refractivity contribution in [1.82, 2.24) is 0 Å². The Bertz CT molecular complexity index is 351. The molecule has 15 heavy (non-hydrogen) atoms. The minimum absolute atomic E-state index is 0.291. The Morgan fingerprint density at radius 2 is 2.27 bits per heavy atom. The fraction of sp³-hybridized carbons (Fsp3) is 0.500. The molecule has 0 bridgehead atoms. The second kappa shape index (κ2) is 4.01. The molecule has 82 valence electrons. The first-order valence-electron chi connectivity index (χ1n) is 5.55. The van der Waals surface area contributed by atoms with Crippen molar-refractivity contribution in [2.24, 2.45) is 0 Å². The summed E-state index contributed by atoms with van der Waals surface area (Å²) in [5, 5.41) is 0. The van der Waals surface area contributed by atoms with E-state index in [4.69, 9.17) is 10.5 Å². The third kappa shape index (κ3) is 1.87. The summed E-state index contributed by atoms with van der Waals surface area (Å²) in [5.74, 6) is 0.926. The summed E-state index contributed by atoms with van der Waals surface area (Å²) in [6.45, 7) is 6.30. The van der Waals surface area contributed by atoms with Crippen molar-refractivity contribution in [3.05, 3.63) is 18.2 Å². The molecule has 3 nitrogen and oxygen atoms in total. The highest BCUT2D eigenvalue weighted by Crippen LogP contribution is 2.35. The Balaban J connectivity index is 2.35. The molecule has 0 fully saturated rings. The summed E-state index contributed by atoms with van der Waals surface area (Å²) in [6.07, 6.45) is 1.32. The summed E-state index contributed by atoms with van der Waals surface area (Å²) < 4.78 is 5.87. The Labute approximate surface area is 90.8 Å². The molecule has 1 aromatic carbocycles. The summed E-state index contributed by atoms with van der Waals surface area (Å²) in [6, 6.07) is 5.89. The highest BCUT2D eigenvalue weighted by Gasteiger charge is 2.23. The summed E-state index contributed by atoms with van der Waals surface area (Å²) in [7, 11) is 0. The predicted molar refractivity (Wildman–Crippen MR) is 63.4 cm³/mol. The number of likely N-dealkylation sites (N-methyl/N-ethyl adjacent to an activating group) is 1. The number of benzene rings is 1. The summed E-state index contributed by atoms with van der Waals surface area (Å²) in [4.78, 5) is 2.34. The van der Waals surface area contributed by atoms with Gasteiger partial charge in [-0.05, 0) is 25.5 Å². The summed E-state index contributed by atoms with van der Waals surface area (Å²) >= 11 is 0. The van der Waals surface area contributed by atoms with Gasteiger partial charge in [0.1, 0.15) is 11.9 Å². The normalized spacial score (nSPS) is 19.6. The van der Waals surface area contributed by atoms with Crippen molar-refractivity contribution in [3.63, 3.8) is 0 Å².